The first-order valence-corrected chi connectivity index (χ1v) is 7.04. The van der Waals surface area contributed by atoms with Gasteiger partial charge in [0.15, 0.2) is 0 Å². The lowest BCUT2D eigenvalue weighted by atomic mass is 10.1. The Morgan fingerprint density at radius 2 is 1.86 bits per heavy atom. The topological polar surface area (TPSA) is 58.6 Å². The number of anilines is 2. The largest absolute Gasteiger partial charge is 0.497 e. The lowest BCUT2D eigenvalue weighted by Gasteiger charge is -2.22. The van der Waals surface area contributed by atoms with E-state index in [1.807, 2.05) is 18.2 Å². The Labute approximate surface area is 128 Å². The van der Waals surface area contributed by atoms with Crippen LogP contribution in [0.4, 0.5) is 11.4 Å². The van der Waals surface area contributed by atoms with Gasteiger partial charge < -0.3 is 15.0 Å². The van der Waals surface area contributed by atoms with Gasteiger partial charge in [0.2, 0.25) is 5.91 Å². The Kier molecular flexibility index (Phi) is 3.78. The van der Waals surface area contributed by atoms with Gasteiger partial charge in [-0.3, -0.25) is 9.59 Å². The molecule has 0 fully saturated rings. The average Bonchev–Trinajstić information content (AvgIpc) is 2.72. The molecule has 2 aromatic rings. The SMILES string of the molecule is COc1ccc(C(=O)N2CCC(=O)Nc3ccccc32)cc1. The number of carbonyl (C=O) groups excluding carboxylic acids is 2. The number of benzene rings is 2. The zero-order valence-electron chi connectivity index (χ0n) is 12.2. The van der Waals surface area contributed by atoms with Gasteiger partial charge in [0.25, 0.3) is 5.91 Å². The number of methoxy groups -OCH3 is 1. The van der Waals surface area contributed by atoms with Crippen molar-refractivity contribution in [3.05, 3.63) is 54.1 Å². The second-order valence-electron chi connectivity index (χ2n) is 5.00. The summed E-state index contributed by atoms with van der Waals surface area (Å²) in [7, 11) is 1.58. The third-order valence-corrected chi connectivity index (χ3v) is 3.61. The standard InChI is InChI=1S/C17H16N2O3/c1-22-13-8-6-12(7-9-13)17(21)19-11-10-16(20)18-14-4-2-3-5-15(14)19/h2-9H,10-11H2,1H3,(H,18,20). The molecular formula is C17H16N2O3. The molecule has 5 heteroatoms. The summed E-state index contributed by atoms with van der Waals surface area (Å²) in [6.45, 7) is 0.355. The van der Waals surface area contributed by atoms with Gasteiger partial charge in [-0.25, -0.2) is 0 Å². The van der Waals surface area contributed by atoms with Crippen LogP contribution in [0.2, 0.25) is 0 Å². The van der Waals surface area contributed by atoms with Crippen LogP contribution in [0.3, 0.4) is 0 Å². The fourth-order valence-corrected chi connectivity index (χ4v) is 2.46. The van der Waals surface area contributed by atoms with E-state index in [9.17, 15) is 9.59 Å². The second kappa shape index (κ2) is 5.89. The molecule has 1 aliphatic heterocycles. The fourth-order valence-electron chi connectivity index (χ4n) is 2.46. The van der Waals surface area contributed by atoms with Crippen LogP contribution in [-0.4, -0.2) is 25.5 Å². The Morgan fingerprint density at radius 3 is 2.59 bits per heavy atom. The third-order valence-electron chi connectivity index (χ3n) is 3.61. The predicted molar refractivity (Wildman–Crippen MR) is 84.4 cm³/mol. The Hall–Kier alpha value is -2.82. The van der Waals surface area contributed by atoms with Gasteiger partial charge in [0.1, 0.15) is 5.75 Å². The summed E-state index contributed by atoms with van der Waals surface area (Å²) >= 11 is 0. The Balaban J connectivity index is 1.95. The molecule has 0 spiro atoms. The van der Waals surface area contributed by atoms with Crippen LogP contribution in [-0.2, 0) is 4.79 Å². The summed E-state index contributed by atoms with van der Waals surface area (Å²) in [4.78, 5) is 26.2. The van der Waals surface area contributed by atoms with Crippen molar-refractivity contribution in [3.8, 4) is 5.75 Å². The maximum Gasteiger partial charge on any atom is 0.258 e. The Morgan fingerprint density at radius 1 is 1.14 bits per heavy atom. The number of para-hydroxylation sites is 2. The van der Waals surface area contributed by atoms with Crippen molar-refractivity contribution >= 4 is 23.2 Å². The first-order chi connectivity index (χ1) is 10.7. The van der Waals surface area contributed by atoms with E-state index in [-0.39, 0.29) is 18.2 Å². The third kappa shape index (κ3) is 2.65. The maximum absolute atomic E-state index is 12.8. The second-order valence-corrected chi connectivity index (χ2v) is 5.00. The minimum absolute atomic E-state index is 0.0857. The lowest BCUT2D eigenvalue weighted by molar-refractivity contribution is -0.115. The van der Waals surface area contributed by atoms with E-state index in [1.165, 1.54) is 0 Å². The summed E-state index contributed by atoms with van der Waals surface area (Å²) in [6.07, 6.45) is 0.274. The molecule has 0 radical (unpaired) electrons. The van der Waals surface area contributed by atoms with Crippen molar-refractivity contribution in [2.75, 3.05) is 23.9 Å². The molecule has 0 unspecified atom stereocenters. The first kappa shape index (κ1) is 14.1. The molecule has 0 aliphatic carbocycles. The van der Waals surface area contributed by atoms with Gasteiger partial charge in [-0.05, 0) is 36.4 Å². The maximum atomic E-state index is 12.8. The number of ether oxygens (including phenoxy) is 1. The number of nitrogens with one attached hydrogen (secondary N) is 1. The summed E-state index contributed by atoms with van der Waals surface area (Å²) in [5, 5.41) is 2.82. The van der Waals surface area contributed by atoms with Crippen molar-refractivity contribution in [2.45, 2.75) is 6.42 Å². The average molecular weight is 296 g/mol. The van der Waals surface area contributed by atoms with E-state index in [0.29, 0.717) is 29.2 Å². The van der Waals surface area contributed by atoms with Crippen LogP contribution in [0.1, 0.15) is 16.8 Å². The van der Waals surface area contributed by atoms with Crippen LogP contribution < -0.4 is 15.0 Å². The molecule has 3 rings (SSSR count). The summed E-state index contributed by atoms with van der Waals surface area (Å²) in [6, 6.07) is 14.3. The number of carbonyl (C=O) groups is 2. The Bertz CT molecular complexity index is 710. The first-order valence-electron chi connectivity index (χ1n) is 7.04. The molecular weight excluding hydrogens is 280 g/mol. The highest BCUT2D eigenvalue weighted by Gasteiger charge is 2.24. The van der Waals surface area contributed by atoms with Crippen molar-refractivity contribution in [2.24, 2.45) is 0 Å². The van der Waals surface area contributed by atoms with E-state index in [0.717, 1.165) is 0 Å². The quantitative estimate of drug-likeness (QED) is 0.927. The number of rotatable bonds is 2. The number of nitrogens with zero attached hydrogens (tertiary/aromatic N) is 1. The van der Waals surface area contributed by atoms with E-state index >= 15 is 0 Å². The zero-order chi connectivity index (χ0) is 15.5. The van der Waals surface area contributed by atoms with Crippen molar-refractivity contribution in [3.63, 3.8) is 0 Å². The molecule has 1 N–H and O–H groups in total. The van der Waals surface area contributed by atoms with Gasteiger partial charge in [0.05, 0.1) is 18.5 Å². The van der Waals surface area contributed by atoms with Gasteiger partial charge in [0, 0.05) is 18.5 Å². The van der Waals surface area contributed by atoms with E-state index in [4.69, 9.17) is 4.74 Å². The summed E-state index contributed by atoms with van der Waals surface area (Å²) < 4.78 is 5.11. The van der Waals surface area contributed by atoms with Gasteiger partial charge in [-0.2, -0.15) is 0 Å². The van der Waals surface area contributed by atoms with Crippen LogP contribution in [0.15, 0.2) is 48.5 Å². The van der Waals surface area contributed by atoms with Crippen LogP contribution in [0.25, 0.3) is 0 Å². The molecule has 2 amide bonds. The van der Waals surface area contributed by atoms with Crippen LogP contribution in [0.5, 0.6) is 5.75 Å². The lowest BCUT2D eigenvalue weighted by Crippen LogP contribution is -2.31. The summed E-state index contributed by atoms with van der Waals surface area (Å²) in [5.41, 5.74) is 1.94. The van der Waals surface area contributed by atoms with Crippen LogP contribution in [0, 0.1) is 0 Å². The number of hydrogen-bond donors (Lipinski definition) is 1. The molecule has 1 aliphatic rings. The molecule has 0 saturated heterocycles. The molecule has 0 saturated carbocycles. The number of hydrogen-bond acceptors (Lipinski definition) is 3. The minimum atomic E-state index is -0.133. The molecule has 0 atom stereocenters. The molecule has 22 heavy (non-hydrogen) atoms. The number of amides is 2. The number of fused-ring (bicyclic) bond motifs is 1. The predicted octanol–water partition coefficient (Wildman–Crippen LogP) is 2.68. The monoisotopic (exact) mass is 296 g/mol. The highest BCUT2D eigenvalue weighted by molar-refractivity contribution is 6.10. The molecule has 112 valence electrons. The molecule has 0 aromatic heterocycles. The van der Waals surface area contributed by atoms with E-state index < -0.39 is 0 Å². The normalized spacial score (nSPS) is 13.9. The molecule has 5 nitrogen and oxygen atoms in total. The van der Waals surface area contributed by atoms with Gasteiger partial charge >= 0.3 is 0 Å². The van der Waals surface area contributed by atoms with Crippen molar-refractivity contribution in [1.82, 2.24) is 0 Å². The van der Waals surface area contributed by atoms with Crippen molar-refractivity contribution < 1.29 is 14.3 Å². The molecule has 2 aromatic carbocycles. The van der Waals surface area contributed by atoms with E-state index in [2.05, 4.69) is 5.32 Å². The van der Waals surface area contributed by atoms with Crippen LogP contribution >= 0.6 is 0 Å². The fraction of sp³-hybridized carbons (Fsp3) is 0.176. The van der Waals surface area contributed by atoms with Gasteiger partial charge in [-0.15, -0.1) is 0 Å². The minimum Gasteiger partial charge on any atom is -0.497 e. The smallest absolute Gasteiger partial charge is 0.258 e. The van der Waals surface area contributed by atoms with Gasteiger partial charge in [-0.1, -0.05) is 12.1 Å². The van der Waals surface area contributed by atoms with Crippen molar-refractivity contribution in [1.29, 1.82) is 0 Å². The molecule has 1 heterocycles. The van der Waals surface area contributed by atoms with E-state index in [1.54, 1.807) is 42.3 Å². The summed E-state index contributed by atoms with van der Waals surface area (Å²) in [5.74, 6) is 0.480. The highest BCUT2D eigenvalue weighted by atomic mass is 16.5. The highest BCUT2D eigenvalue weighted by Crippen LogP contribution is 2.29. The molecule has 0 bridgehead atoms. The zero-order valence-corrected chi connectivity index (χ0v) is 12.2.